The van der Waals surface area contributed by atoms with E-state index in [1.165, 1.54) is 25.3 Å². The maximum atomic E-state index is 11.8. The Kier molecular flexibility index (Phi) is 6.81. The first-order valence-electron chi connectivity index (χ1n) is 7.05. The normalized spacial score (nSPS) is 24.0. The van der Waals surface area contributed by atoms with Crippen LogP contribution in [0.25, 0.3) is 0 Å². The van der Waals surface area contributed by atoms with Gasteiger partial charge in [0.15, 0.2) is 6.23 Å². The van der Waals surface area contributed by atoms with Crippen LogP contribution in [0.2, 0.25) is 0 Å². The molecule has 1 aromatic heterocycles. The van der Waals surface area contributed by atoms with Crippen molar-refractivity contribution in [2.45, 2.75) is 19.3 Å². The lowest BCUT2D eigenvalue weighted by molar-refractivity contribution is -0.339. The van der Waals surface area contributed by atoms with Crippen LogP contribution in [0, 0.1) is 6.92 Å². The van der Waals surface area contributed by atoms with Gasteiger partial charge in [-0.1, -0.05) is 6.08 Å². The van der Waals surface area contributed by atoms with E-state index in [4.69, 9.17) is 4.74 Å². The lowest BCUT2D eigenvalue weighted by Gasteiger charge is -2.37. The number of phosphoric acid groups is 3. The second-order valence-corrected chi connectivity index (χ2v) is 9.48. The van der Waals surface area contributed by atoms with Crippen molar-refractivity contribution in [3.05, 3.63) is 44.8 Å². The molecular weight excluding hydrogens is 449 g/mol. The van der Waals surface area contributed by atoms with E-state index in [-0.39, 0.29) is 5.56 Å². The van der Waals surface area contributed by atoms with Crippen molar-refractivity contribution < 1.29 is 51.2 Å². The van der Waals surface area contributed by atoms with Gasteiger partial charge in [-0.05, 0) is 13.0 Å². The largest absolute Gasteiger partial charge is 0.790 e. The third-order valence-electron chi connectivity index (χ3n) is 3.02. The highest BCUT2D eigenvalue weighted by atomic mass is 31.3. The Morgan fingerprint density at radius 1 is 1.11 bits per heavy atom. The lowest BCUT2D eigenvalue weighted by Crippen LogP contribution is -2.33. The fourth-order valence-electron chi connectivity index (χ4n) is 1.97. The molecule has 1 aromatic rings. The highest BCUT2D eigenvalue weighted by Gasteiger charge is 2.26. The molecule has 15 nitrogen and oxygen atoms in total. The van der Waals surface area contributed by atoms with E-state index in [0.29, 0.717) is 0 Å². The number of nitrogens with zero attached hydrogens (tertiary/aromatic N) is 1. The van der Waals surface area contributed by atoms with Crippen molar-refractivity contribution in [1.82, 2.24) is 9.55 Å². The molecule has 0 saturated carbocycles. The van der Waals surface area contributed by atoms with Crippen LogP contribution in [0.15, 0.2) is 27.9 Å². The molecule has 1 aliphatic heterocycles. The van der Waals surface area contributed by atoms with Gasteiger partial charge >= 0.3 is 5.69 Å². The Bertz CT molecular complexity index is 1020. The molecule has 0 fully saturated rings. The summed E-state index contributed by atoms with van der Waals surface area (Å²) in [7, 11) is -17.8. The van der Waals surface area contributed by atoms with Gasteiger partial charge in [-0.25, -0.2) is 9.11 Å². The van der Waals surface area contributed by atoms with Crippen molar-refractivity contribution in [3.8, 4) is 0 Å². The van der Waals surface area contributed by atoms with Gasteiger partial charge in [0.25, 0.3) is 21.2 Å². The number of aromatic amines is 1. The standard InChI is InChI=1S/C10H15N2O13P3/c1-6-4-12(10(14)11-9(6)13)8-3-2-7(23-8)5-22-27(18,19)25-28(20,21)24-26(15,16)17/h2-4,7-8H,5H2,1H3,(H,18,19)(H,20,21)(H,11,13,14)(H2,15,16,17)/p-4. The average Bonchev–Trinajstić information content (AvgIpc) is 2.94. The van der Waals surface area contributed by atoms with Crippen LogP contribution in [0.1, 0.15) is 11.8 Å². The number of H-pyrrole nitrogens is 1. The summed E-state index contributed by atoms with van der Waals surface area (Å²) in [5.41, 5.74) is -1.19. The van der Waals surface area contributed by atoms with Crippen molar-refractivity contribution in [1.29, 1.82) is 0 Å². The van der Waals surface area contributed by atoms with Gasteiger partial charge in [-0.3, -0.25) is 27.8 Å². The SMILES string of the molecule is Cc1cn(C2C=CC(COP(=O)([O-])OP(=O)([O-])OP(=O)([O-])[O-])O2)c(=O)[nH]c1=O. The molecule has 0 saturated heterocycles. The smallest absolute Gasteiger partial charge is 0.330 e. The monoisotopic (exact) mass is 460 g/mol. The average molecular weight is 460 g/mol. The zero-order chi connectivity index (χ0) is 21.3. The Balaban J connectivity index is 1.97. The molecule has 1 N–H and O–H groups in total. The maximum Gasteiger partial charge on any atom is 0.330 e. The molecule has 158 valence electrons. The molecule has 0 aliphatic carbocycles. The first kappa shape index (κ1) is 23.1. The number of hydrogen-bond donors (Lipinski definition) is 1. The first-order valence-corrected chi connectivity index (χ1v) is 11.4. The third-order valence-corrected chi connectivity index (χ3v) is 6.69. The van der Waals surface area contributed by atoms with Gasteiger partial charge in [0.1, 0.15) is 6.10 Å². The molecule has 0 spiro atoms. The zero-order valence-corrected chi connectivity index (χ0v) is 16.4. The summed E-state index contributed by atoms with van der Waals surface area (Å²) >= 11 is 0. The minimum absolute atomic E-state index is 0.203. The van der Waals surface area contributed by atoms with Crippen LogP contribution in [0.4, 0.5) is 0 Å². The molecular formula is C10H11N2O13P3-4. The number of ether oxygens (including phenoxy) is 1. The molecule has 0 amide bonds. The van der Waals surface area contributed by atoms with Crippen LogP contribution < -0.4 is 30.8 Å². The topological polar surface area (TPSA) is 235 Å². The van der Waals surface area contributed by atoms with Gasteiger partial charge in [-0.15, -0.1) is 0 Å². The summed E-state index contributed by atoms with van der Waals surface area (Å²) in [5.74, 6) is 0. The fraction of sp³-hybridized carbons (Fsp3) is 0.400. The molecule has 4 unspecified atom stereocenters. The van der Waals surface area contributed by atoms with Gasteiger partial charge < -0.3 is 33.4 Å². The Morgan fingerprint density at radius 3 is 2.36 bits per heavy atom. The van der Waals surface area contributed by atoms with Crippen LogP contribution in [0.5, 0.6) is 0 Å². The van der Waals surface area contributed by atoms with Crippen molar-refractivity contribution in [2.75, 3.05) is 6.61 Å². The van der Waals surface area contributed by atoms with Gasteiger partial charge in [-0.2, -0.15) is 0 Å². The molecule has 2 heterocycles. The summed E-state index contributed by atoms with van der Waals surface area (Å²) in [6, 6.07) is 0. The summed E-state index contributed by atoms with van der Waals surface area (Å²) < 4.78 is 49.7. The quantitative estimate of drug-likeness (QED) is 0.303. The molecule has 18 heteroatoms. The number of aromatic nitrogens is 2. The summed E-state index contributed by atoms with van der Waals surface area (Å²) in [4.78, 5) is 68.1. The number of nitrogens with one attached hydrogen (secondary N) is 1. The Hall–Kier alpha value is -1.21. The van der Waals surface area contributed by atoms with Crippen molar-refractivity contribution in [3.63, 3.8) is 0 Å². The predicted octanol–water partition coefficient (Wildman–Crippen LogP) is -2.89. The molecule has 1 aliphatic rings. The fourth-order valence-corrected chi connectivity index (χ4v) is 4.83. The summed E-state index contributed by atoms with van der Waals surface area (Å²) in [5, 5.41) is 0. The highest BCUT2D eigenvalue weighted by Crippen LogP contribution is 2.60. The van der Waals surface area contributed by atoms with Gasteiger partial charge in [0, 0.05) is 11.8 Å². The highest BCUT2D eigenvalue weighted by molar-refractivity contribution is 7.64. The van der Waals surface area contributed by atoms with Crippen LogP contribution in [-0.2, 0) is 31.6 Å². The predicted molar refractivity (Wildman–Crippen MR) is 80.1 cm³/mol. The number of rotatable bonds is 8. The van der Waals surface area contributed by atoms with Crippen molar-refractivity contribution >= 4 is 23.5 Å². The minimum Gasteiger partial charge on any atom is -0.790 e. The van der Waals surface area contributed by atoms with E-state index in [1.807, 2.05) is 4.98 Å². The van der Waals surface area contributed by atoms with Gasteiger partial charge in [0.05, 0.1) is 14.4 Å². The number of aryl methyl sites for hydroxylation is 1. The van der Waals surface area contributed by atoms with Crippen molar-refractivity contribution in [2.24, 2.45) is 0 Å². The maximum absolute atomic E-state index is 11.8. The first-order chi connectivity index (χ1) is 12.7. The molecule has 28 heavy (non-hydrogen) atoms. The van der Waals surface area contributed by atoms with E-state index in [9.17, 15) is 42.9 Å². The number of hydrogen-bond acceptors (Lipinski definition) is 13. The van der Waals surface area contributed by atoms with Crippen LogP contribution in [-0.4, -0.2) is 22.3 Å². The van der Waals surface area contributed by atoms with Crippen LogP contribution in [0.3, 0.4) is 0 Å². The Labute approximate surface area is 155 Å². The second kappa shape index (κ2) is 8.27. The number of phosphoric ester groups is 1. The molecule has 0 bridgehead atoms. The molecule has 0 aromatic carbocycles. The van der Waals surface area contributed by atoms with E-state index in [2.05, 4.69) is 13.1 Å². The van der Waals surface area contributed by atoms with Crippen LogP contribution >= 0.6 is 23.5 Å². The molecule has 4 atom stereocenters. The summed E-state index contributed by atoms with van der Waals surface area (Å²) in [6.45, 7) is 0.613. The second-order valence-electron chi connectivity index (χ2n) is 5.23. The van der Waals surface area contributed by atoms with E-state index < -0.39 is 53.7 Å². The van der Waals surface area contributed by atoms with E-state index in [1.54, 1.807) is 0 Å². The Morgan fingerprint density at radius 2 is 1.75 bits per heavy atom. The molecule has 2 rings (SSSR count). The summed E-state index contributed by atoms with van der Waals surface area (Å²) in [6.07, 6.45) is 1.69. The minimum atomic E-state index is -6.08. The van der Waals surface area contributed by atoms with E-state index >= 15 is 0 Å². The van der Waals surface area contributed by atoms with E-state index in [0.717, 1.165) is 4.57 Å². The zero-order valence-electron chi connectivity index (χ0n) is 13.7. The molecule has 0 radical (unpaired) electrons. The lowest BCUT2D eigenvalue weighted by atomic mass is 10.3. The van der Waals surface area contributed by atoms with Gasteiger partial charge in [0.2, 0.25) is 0 Å². The third kappa shape index (κ3) is 6.69.